The summed E-state index contributed by atoms with van der Waals surface area (Å²) in [6.45, 7) is 0.679. The van der Waals surface area contributed by atoms with Gasteiger partial charge in [0, 0.05) is 23.0 Å². The monoisotopic (exact) mass is 468 g/mol. The summed E-state index contributed by atoms with van der Waals surface area (Å²) in [5.74, 6) is 0.946. The molecule has 0 spiro atoms. The lowest BCUT2D eigenvalue weighted by Crippen LogP contribution is -2.03. The summed E-state index contributed by atoms with van der Waals surface area (Å²) in [6.07, 6.45) is 2.26. The lowest BCUT2D eigenvalue weighted by molar-refractivity contribution is 0.320. The van der Waals surface area contributed by atoms with Crippen molar-refractivity contribution in [2.45, 2.75) is 6.42 Å². The second-order valence-corrected chi connectivity index (χ2v) is 7.49. The van der Waals surface area contributed by atoms with E-state index in [0.717, 1.165) is 16.5 Å². The predicted molar refractivity (Wildman–Crippen MR) is 105 cm³/mol. The smallest absolute Gasteiger partial charge is 0.156 e. The first-order chi connectivity index (χ1) is 11.5. The minimum atomic E-state index is 0.139. The van der Waals surface area contributed by atoms with Crippen LogP contribution in [0.3, 0.4) is 0 Å². The molecule has 0 saturated carbocycles. The number of benzene rings is 2. The van der Waals surface area contributed by atoms with E-state index in [-0.39, 0.29) is 11.1 Å². The topological polar surface area (TPSA) is 18.5 Å². The fourth-order valence-corrected chi connectivity index (χ4v) is 3.07. The van der Waals surface area contributed by atoms with Crippen LogP contribution in [-0.2, 0) is 6.42 Å². The highest BCUT2D eigenvalue weighted by Crippen LogP contribution is 2.37. The van der Waals surface area contributed by atoms with Crippen LogP contribution in [0, 0.1) is 0 Å². The fourth-order valence-electron chi connectivity index (χ4n) is 1.92. The lowest BCUT2D eigenvalue weighted by Gasteiger charge is -2.12. The molecule has 2 aromatic carbocycles. The SMILES string of the molecule is ClC(Cl)=CCOc1cc(Cl)c(OCCc2cccc(Br)c2)c(Cl)c1. The van der Waals surface area contributed by atoms with Crippen LogP contribution in [0.15, 0.2) is 51.4 Å². The molecule has 2 rings (SSSR count). The quantitative estimate of drug-likeness (QED) is 0.430. The zero-order valence-corrected chi connectivity index (χ0v) is 17.0. The molecule has 7 heteroatoms. The molecule has 0 aliphatic carbocycles. The molecule has 128 valence electrons. The third-order valence-corrected chi connectivity index (χ3v) is 4.35. The fraction of sp³-hybridized carbons (Fsp3) is 0.176. The van der Waals surface area contributed by atoms with Crippen LogP contribution in [0.25, 0.3) is 0 Å². The van der Waals surface area contributed by atoms with E-state index in [9.17, 15) is 0 Å². The summed E-state index contributed by atoms with van der Waals surface area (Å²) in [7, 11) is 0. The van der Waals surface area contributed by atoms with E-state index in [1.54, 1.807) is 12.1 Å². The van der Waals surface area contributed by atoms with Gasteiger partial charge in [-0.15, -0.1) is 0 Å². The second-order valence-electron chi connectivity index (χ2n) is 4.75. The van der Waals surface area contributed by atoms with Crippen LogP contribution in [0.1, 0.15) is 5.56 Å². The van der Waals surface area contributed by atoms with Crippen molar-refractivity contribution in [1.82, 2.24) is 0 Å². The van der Waals surface area contributed by atoms with Crippen molar-refractivity contribution in [1.29, 1.82) is 0 Å². The molecule has 0 aliphatic heterocycles. The van der Waals surface area contributed by atoms with Gasteiger partial charge in [0.25, 0.3) is 0 Å². The van der Waals surface area contributed by atoms with Crippen LogP contribution in [0.5, 0.6) is 11.5 Å². The Morgan fingerprint density at radius 1 is 1.04 bits per heavy atom. The maximum Gasteiger partial charge on any atom is 0.156 e. The number of halogens is 5. The molecule has 0 bridgehead atoms. The first-order valence-electron chi connectivity index (χ1n) is 6.96. The molecule has 2 nitrogen and oxygen atoms in total. The molecule has 2 aromatic rings. The Morgan fingerprint density at radius 2 is 1.75 bits per heavy atom. The molecule has 0 heterocycles. The summed E-state index contributed by atoms with van der Waals surface area (Å²) in [5, 5.41) is 0.764. The molecule has 0 N–H and O–H groups in total. The first kappa shape index (κ1) is 19.7. The molecule has 24 heavy (non-hydrogen) atoms. The van der Waals surface area contributed by atoms with Crippen LogP contribution in [-0.4, -0.2) is 13.2 Å². The Bertz CT molecular complexity index is 707. The average Bonchev–Trinajstić information content (AvgIpc) is 2.50. The van der Waals surface area contributed by atoms with Crippen molar-refractivity contribution in [3.63, 3.8) is 0 Å². The van der Waals surface area contributed by atoms with Gasteiger partial charge in [0.1, 0.15) is 16.8 Å². The van der Waals surface area contributed by atoms with Gasteiger partial charge < -0.3 is 9.47 Å². The van der Waals surface area contributed by atoms with Crippen molar-refractivity contribution in [3.05, 3.63) is 67.0 Å². The molecular formula is C17H13BrCl4O2. The summed E-state index contributed by atoms with van der Waals surface area (Å²) >= 11 is 26.9. The third kappa shape index (κ3) is 6.38. The Morgan fingerprint density at radius 3 is 2.38 bits per heavy atom. The Hall–Kier alpha value is -0.580. The van der Waals surface area contributed by atoms with E-state index in [1.165, 1.54) is 6.08 Å². The van der Waals surface area contributed by atoms with E-state index in [0.29, 0.717) is 28.2 Å². The van der Waals surface area contributed by atoms with E-state index >= 15 is 0 Å². The largest absolute Gasteiger partial charge is 0.490 e. The molecule has 0 amide bonds. The highest BCUT2D eigenvalue weighted by molar-refractivity contribution is 9.10. The molecule has 0 aromatic heterocycles. The Kier molecular flexibility index (Phi) is 8.05. The summed E-state index contributed by atoms with van der Waals surface area (Å²) in [4.78, 5) is 0. The Labute approximate surface area is 169 Å². The van der Waals surface area contributed by atoms with E-state index in [1.807, 2.05) is 24.3 Å². The van der Waals surface area contributed by atoms with E-state index in [4.69, 9.17) is 55.9 Å². The first-order valence-corrected chi connectivity index (χ1v) is 9.26. The highest BCUT2D eigenvalue weighted by atomic mass is 79.9. The van der Waals surface area contributed by atoms with Gasteiger partial charge in [0.2, 0.25) is 0 Å². The second kappa shape index (κ2) is 9.79. The Balaban J connectivity index is 1.96. The van der Waals surface area contributed by atoms with Gasteiger partial charge in [-0.1, -0.05) is 74.5 Å². The molecule has 0 aliphatic rings. The number of rotatable bonds is 7. The van der Waals surface area contributed by atoms with Gasteiger partial charge in [0.05, 0.1) is 16.7 Å². The maximum atomic E-state index is 6.22. The van der Waals surface area contributed by atoms with Gasteiger partial charge in [-0.2, -0.15) is 0 Å². The van der Waals surface area contributed by atoms with Gasteiger partial charge in [0.15, 0.2) is 5.75 Å². The van der Waals surface area contributed by atoms with Crippen molar-refractivity contribution in [2.24, 2.45) is 0 Å². The third-order valence-electron chi connectivity index (χ3n) is 2.99. The zero-order chi connectivity index (χ0) is 17.5. The van der Waals surface area contributed by atoms with Crippen molar-refractivity contribution in [2.75, 3.05) is 13.2 Å². The minimum absolute atomic E-state index is 0.139. The van der Waals surface area contributed by atoms with Crippen molar-refractivity contribution >= 4 is 62.3 Å². The van der Waals surface area contributed by atoms with Crippen LogP contribution in [0.4, 0.5) is 0 Å². The summed E-state index contributed by atoms with van der Waals surface area (Å²) in [6, 6.07) is 11.3. The number of hydrogen-bond donors (Lipinski definition) is 0. The molecular weight excluding hydrogens is 458 g/mol. The summed E-state index contributed by atoms with van der Waals surface area (Å²) in [5.41, 5.74) is 1.15. The van der Waals surface area contributed by atoms with Crippen molar-refractivity contribution in [3.8, 4) is 11.5 Å². The normalized spacial score (nSPS) is 10.4. The minimum Gasteiger partial charge on any atom is -0.490 e. The van der Waals surface area contributed by atoms with Crippen LogP contribution >= 0.6 is 62.3 Å². The molecule has 0 atom stereocenters. The van der Waals surface area contributed by atoms with Gasteiger partial charge in [-0.05, 0) is 23.8 Å². The molecule has 0 unspecified atom stereocenters. The van der Waals surface area contributed by atoms with Gasteiger partial charge in [-0.3, -0.25) is 0 Å². The molecule has 0 radical (unpaired) electrons. The highest BCUT2D eigenvalue weighted by Gasteiger charge is 2.11. The molecule has 0 saturated heterocycles. The van der Waals surface area contributed by atoms with Crippen molar-refractivity contribution < 1.29 is 9.47 Å². The summed E-state index contributed by atoms with van der Waals surface area (Å²) < 4.78 is 12.3. The zero-order valence-electron chi connectivity index (χ0n) is 12.4. The average molecular weight is 471 g/mol. The number of hydrogen-bond acceptors (Lipinski definition) is 2. The lowest BCUT2D eigenvalue weighted by atomic mass is 10.2. The van der Waals surface area contributed by atoms with E-state index < -0.39 is 0 Å². The van der Waals surface area contributed by atoms with Crippen LogP contribution < -0.4 is 9.47 Å². The van der Waals surface area contributed by atoms with Gasteiger partial charge in [-0.25, -0.2) is 0 Å². The molecule has 0 fully saturated rings. The van der Waals surface area contributed by atoms with E-state index in [2.05, 4.69) is 15.9 Å². The van der Waals surface area contributed by atoms with Gasteiger partial charge >= 0.3 is 0 Å². The maximum absolute atomic E-state index is 6.22. The predicted octanol–water partition coefficient (Wildman–Crippen LogP) is 7.08. The number of ether oxygens (including phenoxy) is 2. The standard InChI is InChI=1S/C17H13BrCl4O2/c18-12-3-1-2-11(8-12)4-6-24-17-14(19)9-13(10-15(17)20)23-7-5-16(21)22/h1-3,5,8-10H,4,6-7H2. The van der Waals surface area contributed by atoms with Crippen LogP contribution in [0.2, 0.25) is 10.0 Å².